The lowest BCUT2D eigenvalue weighted by molar-refractivity contribution is -0.119. The second-order valence-electron chi connectivity index (χ2n) is 5.76. The molecule has 0 fully saturated rings. The molecule has 0 unspecified atom stereocenters. The quantitative estimate of drug-likeness (QED) is 0.501. The fourth-order valence-electron chi connectivity index (χ4n) is 2.44. The fourth-order valence-corrected chi connectivity index (χ4v) is 2.90. The molecule has 0 aliphatic carbocycles. The molecule has 2 aromatic carbocycles. The lowest BCUT2D eigenvalue weighted by Crippen LogP contribution is -2.21. The van der Waals surface area contributed by atoms with Crippen LogP contribution in [0.2, 0.25) is 0 Å². The summed E-state index contributed by atoms with van der Waals surface area (Å²) in [6.45, 7) is 0.289. The Balaban J connectivity index is 1.50. The van der Waals surface area contributed by atoms with E-state index >= 15 is 0 Å². The van der Waals surface area contributed by atoms with Crippen LogP contribution >= 0.6 is 11.8 Å². The van der Waals surface area contributed by atoms with E-state index in [0.717, 1.165) is 10.5 Å². The van der Waals surface area contributed by atoms with E-state index in [4.69, 9.17) is 4.74 Å². The fraction of sp³-hybridized carbons (Fsp3) is 0.150. The summed E-state index contributed by atoms with van der Waals surface area (Å²) in [5.74, 6) is -0.912. The topological polar surface area (TPSA) is 73.2 Å². The maximum absolute atomic E-state index is 12.1. The van der Waals surface area contributed by atoms with Crippen LogP contribution in [0.1, 0.15) is 15.9 Å². The molecule has 1 aromatic heterocycles. The lowest BCUT2D eigenvalue weighted by Gasteiger charge is -2.08. The summed E-state index contributed by atoms with van der Waals surface area (Å²) < 4.78 is 6.89. The SMILES string of the molecule is CSc1cccc(NC(=O)COC(=O)c2ccc(Cn3cccn3)cc2)c1. The molecule has 0 saturated heterocycles. The number of carbonyl (C=O) groups excluding carboxylic acids is 2. The van der Waals surface area contributed by atoms with Gasteiger partial charge in [0.25, 0.3) is 5.91 Å². The second kappa shape index (κ2) is 9.05. The monoisotopic (exact) mass is 381 g/mol. The first-order valence-corrected chi connectivity index (χ1v) is 9.54. The average Bonchev–Trinajstić information content (AvgIpc) is 3.20. The zero-order chi connectivity index (χ0) is 19.1. The van der Waals surface area contributed by atoms with Crippen LogP contribution in [0, 0.1) is 0 Å². The van der Waals surface area contributed by atoms with E-state index in [1.807, 2.05) is 48.9 Å². The number of thioether (sulfide) groups is 1. The molecule has 0 radical (unpaired) electrons. The van der Waals surface area contributed by atoms with Gasteiger partial charge in [0, 0.05) is 23.0 Å². The summed E-state index contributed by atoms with van der Waals surface area (Å²) >= 11 is 1.59. The zero-order valence-electron chi connectivity index (χ0n) is 14.8. The molecule has 0 aliphatic heterocycles. The predicted octanol–water partition coefficient (Wildman–Crippen LogP) is 3.45. The number of nitrogens with zero attached hydrogens (tertiary/aromatic N) is 2. The molecule has 138 valence electrons. The molecule has 7 heteroatoms. The number of aromatic nitrogens is 2. The first-order chi connectivity index (χ1) is 13.1. The molecular formula is C20H19N3O3S. The van der Waals surface area contributed by atoms with Gasteiger partial charge in [-0.1, -0.05) is 18.2 Å². The van der Waals surface area contributed by atoms with Gasteiger partial charge in [0.2, 0.25) is 0 Å². The van der Waals surface area contributed by atoms with Gasteiger partial charge < -0.3 is 10.1 Å². The molecular weight excluding hydrogens is 362 g/mol. The molecule has 0 bridgehead atoms. The van der Waals surface area contributed by atoms with E-state index in [9.17, 15) is 9.59 Å². The van der Waals surface area contributed by atoms with Crippen molar-refractivity contribution in [3.8, 4) is 0 Å². The van der Waals surface area contributed by atoms with Crippen LogP contribution in [-0.2, 0) is 16.1 Å². The van der Waals surface area contributed by atoms with Crippen molar-refractivity contribution in [2.75, 3.05) is 18.2 Å². The Morgan fingerprint density at radius 2 is 1.96 bits per heavy atom. The van der Waals surface area contributed by atoms with Crippen LogP contribution in [0.3, 0.4) is 0 Å². The lowest BCUT2D eigenvalue weighted by atomic mass is 10.1. The summed E-state index contributed by atoms with van der Waals surface area (Å²) in [7, 11) is 0. The van der Waals surface area contributed by atoms with Gasteiger partial charge in [0.1, 0.15) is 0 Å². The van der Waals surface area contributed by atoms with Gasteiger partial charge in [0.15, 0.2) is 6.61 Å². The third kappa shape index (κ3) is 5.46. The molecule has 0 atom stereocenters. The van der Waals surface area contributed by atoms with Gasteiger partial charge in [-0.3, -0.25) is 9.48 Å². The maximum atomic E-state index is 12.1. The number of carbonyl (C=O) groups is 2. The molecule has 27 heavy (non-hydrogen) atoms. The molecule has 0 spiro atoms. The Bertz CT molecular complexity index is 908. The number of anilines is 1. The Morgan fingerprint density at radius 3 is 2.67 bits per heavy atom. The third-order valence-electron chi connectivity index (χ3n) is 3.78. The standard InChI is InChI=1S/C20H19N3O3S/c1-27-18-5-2-4-17(12-18)22-19(24)14-26-20(25)16-8-6-15(7-9-16)13-23-11-3-10-21-23/h2-12H,13-14H2,1H3,(H,22,24). The highest BCUT2D eigenvalue weighted by Crippen LogP contribution is 2.18. The molecule has 6 nitrogen and oxygen atoms in total. The van der Waals surface area contributed by atoms with E-state index in [1.54, 1.807) is 40.8 Å². The van der Waals surface area contributed by atoms with Crippen molar-refractivity contribution in [3.05, 3.63) is 78.1 Å². The number of hydrogen-bond donors (Lipinski definition) is 1. The van der Waals surface area contributed by atoms with E-state index in [0.29, 0.717) is 17.8 Å². The Labute approximate surface area is 161 Å². The van der Waals surface area contributed by atoms with Crippen LogP contribution < -0.4 is 5.32 Å². The molecule has 1 heterocycles. The van der Waals surface area contributed by atoms with Crippen LogP contribution in [0.25, 0.3) is 0 Å². The number of ether oxygens (including phenoxy) is 1. The minimum Gasteiger partial charge on any atom is -0.452 e. The first-order valence-electron chi connectivity index (χ1n) is 8.31. The molecule has 0 saturated carbocycles. The molecule has 1 amide bonds. The third-order valence-corrected chi connectivity index (χ3v) is 4.51. The van der Waals surface area contributed by atoms with Crippen molar-refractivity contribution >= 4 is 29.3 Å². The Hall–Kier alpha value is -3.06. The van der Waals surface area contributed by atoms with E-state index in [2.05, 4.69) is 10.4 Å². The minimum absolute atomic E-state index is 0.336. The van der Waals surface area contributed by atoms with Crippen molar-refractivity contribution in [1.29, 1.82) is 0 Å². The van der Waals surface area contributed by atoms with Gasteiger partial charge in [-0.05, 0) is 48.2 Å². The zero-order valence-corrected chi connectivity index (χ0v) is 15.6. The molecule has 3 aromatic rings. The highest BCUT2D eigenvalue weighted by atomic mass is 32.2. The second-order valence-corrected chi connectivity index (χ2v) is 6.64. The van der Waals surface area contributed by atoms with E-state index < -0.39 is 5.97 Å². The summed E-state index contributed by atoms with van der Waals surface area (Å²) in [6.07, 6.45) is 5.55. The highest BCUT2D eigenvalue weighted by Gasteiger charge is 2.11. The number of amides is 1. The minimum atomic E-state index is -0.534. The number of esters is 1. The smallest absolute Gasteiger partial charge is 0.338 e. The largest absolute Gasteiger partial charge is 0.452 e. The van der Waals surface area contributed by atoms with Gasteiger partial charge in [-0.2, -0.15) is 5.10 Å². The number of hydrogen-bond acceptors (Lipinski definition) is 5. The van der Waals surface area contributed by atoms with Crippen molar-refractivity contribution in [2.45, 2.75) is 11.4 Å². The summed E-state index contributed by atoms with van der Waals surface area (Å²) in [5, 5.41) is 6.86. The van der Waals surface area contributed by atoms with Gasteiger partial charge in [0.05, 0.1) is 12.1 Å². The van der Waals surface area contributed by atoms with Crippen molar-refractivity contribution < 1.29 is 14.3 Å². The summed E-state index contributed by atoms with van der Waals surface area (Å²) in [4.78, 5) is 25.1. The normalized spacial score (nSPS) is 10.4. The van der Waals surface area contributed by atoms with Crippen molar-refractivity contribution in [3.63, 3.8) is 0 Å². The number of nitrogens with one attached hydrogen (secondary N) is 1. The Kier molecular flexibility index (Phi) is 6.27. The van der Waals surface area contributed by atoms with Crippen LogP contribution in [0.5, 0.6) is 0 Å². The molecule has 1 N–H and O–H groups in total. The van der Waals surface area contributed by atoms with Crippen molar-refractivity contribution in [1.82, 2.24) is 9.78 Å². The summed E-state index contributed by atoms with van der Waals surface area (Å²) in [6, 6.07) is 16.4. The highest BCUT2D eigenvalue weighted by molar-refractivity contribution is 7.98. The van der Waals surface area contributed by atoms with Gasteiger partial charge >= 0.3 is 5.97 Å². The first kappa shape index (κ1) is 18.7. The van der Waals surface area contributed by atoms with Gasteiger partial charge in [-0.15, -0.1) is 11.8 Å². The number of benzene rings is 2. The maximum Gasteiger partial charge on any atom is 0.338 e. The van der Waals surface area contributed by atoms with Crippen LogP contribution in [0.4, 0.5) is 5.69 Å². The molecule has 0 aliphatic rings. The van der Waals surface area contributed by atoms with E-state index in [1.165, 1.54) is 0 Å². The van der Waals surface area contributed by atoms with E-state index in [-0.39, 0.29) is 12.5 Å². The summed E-state index contributed by atoms with van der Waals surface area (Å²) in [5.41, 5.74) is 2.09. The van der Waals surface area contributed by atoms with Gasteiger partial charge in [-0.25, -0.2) is 4.79 Å². The van der Waals surface area contributed by atoms with Crippen LogP contribution in [-0.4, -0.2) is 34.5 Å². The molecule has 3 rings (SSSR count). The Morgan fingerprint density at radius 1 is 1.15 bits per heavy atom. The number of rotatable bonds is 7. The predicted molar refractivity (Wildman–Crippen MR) is 105 cm³/mol. The van der Waals surface area contributed by atoms with Crippen LogP contribution in [0.15, 0.2) is 71.9 Å². The van der Waals surface area contributed by atoms with Crippen molar-refractivity contribution in [2.24, 2.45) is 0 Å². The average molecular weight is 381 g/mol.